The number of carbonyl (C=O) groups excluding carboxylic acids is 1. The lowest BCUT2D eigenvalue weighted by Gasteiger charge is -2.03. The molecule has 0 aliphatic carbocycles. The van der Waals surface area contributed by atoms with Crippen molar-refractivity contribution in [1.29, 1.82) is 0 Å². The molecule has 0 aliphatic rings. The number of pyridine rings is 1. The smallest absolute Gasteiger partial charge is 0.336 e. The Hall–Kier alpha value is -3.16. The summed E-state index contributed by atoms with van der Waals surface area (Å²) in [6.45, 7) is 0. The van der Waals surface area contributed by atoms with E-state index in [-0.39, 0.29) is 23.2 Å². The van der Waals surface area contributed by atoms with Gasteiger partial charge in [-0.25, -0.2) is 5.10 Å². The maximum absolute atomic E-state index is 12.1. The summed E-state index contributed by atoms with van der Waals surface area (Å²) in [5, 5.41) is 9.90. The number of rotatable bonds is 3. The lowest BCUT2D eigenvalue weighted by atomic mass is 10.1. The number of benzene rings is 1. The molecule has 0 bridgehead atoms. The summed E-state index contributed by atoms with van der Waals surface area (Å²) in [5.41, 5.74) is -0.192. The fourth-order valence-electron chi connectivity index (χ4n) is 1.90. The van der Waals surface area contributed by atoms with Crippen molar-refractivity contribution in [2.24, 2.45) is 0 Å². The highest BCUT2D eigenvalue weighted by Gasteiger charge is 2.12. The summed E-state index contributed by atoms with van der Waals surface area (Å²) in [7, 11) is 1.41. The van der Waals surface area contributed by atoms with Gasteiger partial charge in [-0.2, -0.15) is 4.98 Å². The summed E-state index contributed by atoms with van der Waals surface area (Å²) >= 11 is 0. The number of anilines is 1. The second kappa shape index (κ2) is 5.08. The molecule has 0 saturated carbocycles. The van der Waals surface area contributed by atoms with Gasteiger partial charge < -0.3 is 9.72 Å². The molecule has 0 unspecified atom stereocenters. The molecule has 3 rings (SSSR count). The standard InChI is InChI=1S/C13H11N5O3/c1-21-13-16-12(17-18-13)15-11(20)9-6-7-4-2-3-5-8(7)10(19)14-9/h2-6H,1H3,(H,14,19)(H2,15,16,17,18,20). The normalized spacial score (nSPS) is 10.5. The van der Waals surface area contributed by atoms with Crippen molar-refractivity contribution in [2.45, 2.75) is 0 Å². The van der Waals surface area contributed by atoms with Gasteiger partial charge in [-0.05, 0) is 17.5 Å². The van der Waals surface area contributed by atoms with Crippen LogP contribution in [0, 0.1) is 0 Å². The first kappa shape index (κ1) is 12.9. The van der Waals surface area contributed by atoms with Crippen LogP contribution in [0.15, 0.2) is 35.1 Å². The van der Waals surface area contributed by atoms with E-state index in [0.29, 0.717) is 10.8 Å². The predicted molar refractivity (Wildman–Crippen MR) is 75.5 cm³/mol. The van der Waals surface area contributed by atoms with Gasteiger partial charge in [-0.3, -0.25) is 14.9 Å². The van der Waals surface area contributed by atoms with Gasteiger partial charge in [0, 0.05) is 5.39 Å². The molecule has 0 saturated heterocycles. The van der Waals surface area contributed by atoms with Crippen LogP contribution in [0.1, 0.15) is 10.5 Å². The van der Waals surface area contributed by atoms with Crippen LogP contribution in [0.4, 0.5) is 5.95 Å². The lowest BCUT2D eigenvalue weighted by molar-refractivity contribution is 0.102. The first-order chi connectivity index (χ1) is 10.2. The molecule has 21 heavy (non-hydrogen) atoms. The molecule has 0 atom stereocenters. The summed E-state index contributed by atoms with van der Waals surface area (Å²) in [6.07, 6.45) is 0. The van der Waals surface area contributed by atoms with Gasteiger partial charge in [0.15, 0.2) is 0 Å². The highest BCUT2D eigenvalue weighted by atomic mass is 16.5. The second-order valence-corrected chi connectivity index (χ2v) is 4.22. The minimum absolute atomic E-state index is 0.109. The van der Waals surface area contributed by atoms with E-state index in [2.05, 4.69) is 25.5 Å². The van der Waals surface area contributed by atoms with E-state index in [9.17, 15) is 9.59 Å². The van der Waals surface area contributed by atoms with E-state index in [4.69, 9.17) is 4.74 Å². The number of nitrogens with zero attached hydrogens (tertiary/aromatic N) is 2. The molecule has 1 amide bonds. The quantitative estimate of drug-likeness (QED) is 0.662. The van der Waals surface area contributed by atoms with Crippen molar-refractivity contribution in [3.8, 4) is 6.01 Å². The highest BCUT2D eigenvalue weighted by Crippen LogP contribution is 2.11. The fourth-order valence-corrected chi connectivity index (χ4v) is 1.90. The third-order valence-electron chi connectivity index (χ3n) is 2.88. The topological polar surface area (TPSA) is 113 Å². The highest BCUT2D eigenvalue weighted by molar-refractivity contribution is 6.03. The van der Waals surface area contributed by atoms with E-state index >= 15 is 0 Å². The van der Waals surface area contributed by atoms with Crippen LogP contribution in [0.5, 0.6) is 6.01 Å². The Kier molecular flexibility index (Phi) is 3.11. The number of hydrogen-bond acceptors (Lipinski definition) is 5. The monoisotopic (exact) mass is 285 g/mol. The van der Waals surface area contributed by atoms with Crippen LogP contribution in [0.25, 0.3) is 10.8 Å². The first-order valence-electron chi connectivity index (χ1n) is 6.07. The zero-order valence-corrected chi connectivity index (χ0v) is 11.0. The first-order valence-corrected chi connectivity index (χ1v) is 6.07. The Morgan fingerprint density at radius 1 is 1.33 bits per heavy atom. The molecule has 3 aromatic rings. The van der Waals surface area contributed by atoms with Crippen molar-refractivity contribution < 1.29 is 9.53 Å². The zero-order chi connectivity index (χ0) is 14.8. The van der Waals surface area contributed by atoms with Crippen molar-refractivity contribution in [1.82, 2.24) is 20.2 Å². The summed E-state index contributed by atoms with van der Waals surface area (Å²) in [6, 6.07) is 8.72. The Morgan fingerprint density at radius 3 is 2.90 bits per heavy atom. The third kappa shape index (κ3) is 2.46. The Balaban J connectivity index is 1.92. The number of nitrogens with one attached hydrogen (secondary N) is 3. The summed E-state index contributed by atoms with van der Waals surface area (Å²) in [5.74, 6) is -0.373. The minimum atomic E-state index is -0.503. The van der Waals surface area contributed by atoms with Crippen LogP contribution < -0.4 is 15.6 Å². The van der Waals surface area contributed by atoms with Crippen molar-refractivity contribution >= 4 is 22.6 Å². The largest absolute Gasteiger partial charge is 0.466 e. The average molecular weight is 285 g/mol. The molecule has 8 heteroatoms. The van der Waals surface area contributed by atoms with Crippen molar-refractivity contribution in [2.75, 3.05) is 12.4 Å². The maximum Gasteiger partial charge on any atom is 0.336 e. The van der Waals surface area contributed by atoms with E-state index in [1.54, 1.807) is 30.3 Å². The number of fused-ring (bicyclic) bond motifs is 1. The number of H-pyrrole nitrogens is 2. The second-order valence-electron chi connectivity index (χ2n) is 4.22. The molecule has 2 aromatic heterocycles. The zero-order valence-electron chi connectivity index (χ0n) is 11.0. The van der Waals surface area contributed by atoms with Crippen LogP contribution >= 0.6 is 0 Å². The molecule has 0 radical (unpaired) electrons. The SMILES string of the molecule is COc1n[nH]c(NC(=O)c2cc3ccccc3c(=O)[nH]2)n1. The molecule has 2 heterocycles. The average Bonchev–Trinajstić information content (AvgIpc) is 2.95. The van der Waals surface area contributed by atoms with Crippen LogP contribution in [-0.2, 0) is 0 Å². The molecule has 0 spiro atoms. The Labute approximate surface area is 118 Å². The molecule has 0 fully saturated rings. The van der Waals surface area contributed by atoms with E-state index in [0.717, 1.165) is 0 Å². The van der Waals surface area contributed by atoms with Crippen molar-refractivity contribution in [3.05, 3.63) is 46.4 Å². The number of aromatic amines is 2. The van der Waals surface area contributed by atoms with Crippen LogP contribution in [0.3, 0.4) is 0 Å². The number of aromatic nitrogens is 4. The van der Waals surface area contributed by atoms with Crippen LogP contribution in [-0.4, -0.2) is 33.2 Å². The van der Waals surface area contributed by atoms with E-state index in [1.807, 2.05) is 0 Å². The molecular formula is C13H11N5O3. The maximum atomic E-state index is 12.1. The Morgan fingerprint density at radius 2 is 2.14 bits per heavy atom. The third-order valence-corrected chi connectivity index (χ3v) is 2.88. The number of carbonyl (C=O) groups is 1. The molecule has 3 N–H and O–H groups in total. The van der Waals surface area contributed by atoms with Crippen molar-refractivity contribution in [3.63, 3.8) is 0 Å². The van der Waals surface area contributed by atoms with Gasteiger partial charge in [0.25, 0.3) is 11.5 Å². The lowest BCUT2D eigenvalue weighted by Crippen LogP contribution is -2.19. The van der Waals surface area contributed by atoms with Gasteiger partial charge in [0.1, 0.15) is 5.69 Å². The molecule has 8 nitrogen and oxygen atoms in total. The van der Waals surface area contributed by atoms with E-state index in [1.165, 1.54) is 7.11 Å². The fraction of sp³-hybridized carbons (Fsp3) is 0.0769. The van der Waals surface area contributed by atoms with Crippen LogP contribution in [0.2, 0.25) is 0 Å². The summed E-state index contributed by atoms with van der Waals surface area (Å²) in [4.78, 5) is 30.4. The number of amides is 1. The van der Waals surface area contributed by atoms with E-state index < -0.39 is 5.91 Å². The molecule has 0 aliphatic heterocycles. The van der Waals surface area contributed by atoms with Gasteiger partial charge in [0.05, 0.1) is 7.11 Å². The molecular weight excluding hydrogens is 274 g/mol. The number of hydrogen-bond donors (Lipinski definition) is 3. The molecule has 1 aromatic carbocycles. The van der Waals surface area contributed by atoms with Gasteiger partial charge in [-0.1, -0.05) is 18.2 Å². The van der Waals surface area contributed by atoms with Gasteiger partial charge >= 0.3 is 6.01 Å². The minimum Gasteiger partial charge on any atom is -0.466 e. The number of ether oxygens (including phenoxy) is 1. The van der Waals surface area contributed by atoms with Gasteiger partial charge in [-0.15, -0.1) is 5.10 Å². The molecule has 106 valence electrons. The number of methoxy groups -OCH3 is 1. The van der Waals surface area contributed by atoms with Gasteiger partial charge in [0.2, 0.25) is 5.95 Å². The summed E-state index contributed by atoms with van der Waals surface area (Å²) < 4.78 is 4.80. The predicted octanol–water partition coefficient (Wildman–Crippen LogP) is 0.907. The Bertz CT molecular complexity index is 867.